The van der Waals surface area contributed by atoms with Crippen molar-refractivity contribution in [3.8, 4) is 0 Å². The van der Waals surface area contributed by atoms with E-state index < -0.39 is 17.4 Å². The highest BCUT2D eigenvalue weighted by Crippen LogP contribution is 2.37. The van der Waals surface area contributed by atoms with Crippen LogP contribution in [0.2, 0.25) is 0 Å². The fourth-order valence-electron chi connectivity index (χ4n) is 7.37. The van der Waals surface area contributed by atoms with Gasteiger partial charge in [0.2, 0.25) is 11.8 Å². The minimum absolute atomic E-state index is 0.0653. The number of nitrogens with two attached hydrogens (primary N) is 1. The van der Waals surface area contributed by atoms with Crippen LogP contribution >= 0.6 is 0 Å². The number of piperidine rings is 2. The Kier molecular flexibility index (Phi) is 10.3. The van der Waals surface area contributed by atoms with Gasteiger partial charge in [0.25, 0.3) is 0 Å². The quantitative estimate of drug-likeness (QED) is 0.320. The zero-order valence-electron chi connectivity index (χ0n) is 27.0. The van der Waals surface area contributed by atoms with Crippen molar-refractivity contribution in [1.82, 2.24) is 29.5 Å². The van der Waals surface area contributed by atoms with Crippen LogP contribution in [0.25, 0.3) is 10.9 Å². The number of para-hydroxylation sites is 1. The van der Waals surface area contributed by atoms with E-state index in [1.54, 1.807) is 16.7 Å². The summed E-state index contributed by atoms with van der Waals surface area (Å²) >= 11 is 0. The van der Waals surface area contributed by atoms with Crippen molar-refractivity contribution in [2.45, 2.75) is 57.5 Å². The van der Waals surface area contributed by atoms with E-state index >= 15 is 0 Å². The topological polar surface area (TPSA) is 133 Å². The number of aryl methyl sites for hydroxylation is 1. The number of hydrogen-bond donors (Lipinski definition) is 2. The second-order valence-corrected chi connectivity index (χ2v) is 13.0. The van der Waals surface area contributed by atoms with Gasteiger partial charge in [-0.3, -0.25) is 19.3 Å². The predicted octanol–water partition coefficient (Wildman–Crippen LogP) is 1.56. The molecule has 1 atom stereocenters. The Morgan fingerprint density at radius 1 is 0.911 bits per heavy atom. The molecule has 2 aromatic rings. The lowest BCUT2D eigenvalue weighted by molar-refractivity contribution is -0.169. The Labute approximate surface area is 265 Å². The van der Waals surface area contributed by atoms with Crippen molar-refractivity contribution in [1.29, 1.82) is 0 Å². The smallest absolute Gasteiger partial charge is 0.322 e. The molecule has 4 amide bonds. The Morgan fingerprint density at radius 2 is 1.56 bits per heavy atom. The van der Waals surface area contributed by atoms with Crippen LogP contribution in [0.5, 0.6) is 0 Å². The maximum atomic E-state index is 14.8. The third-order valence-electron chi connectivity index (χ3n) is 10.0. The second-order valence-electron chi connectivity index (χ2n) is 13.0. The van der Waals surface area contributed by atoms with Gasteiger partial charge in [0, 0.05) is 95.0 Å². The van der Waals surface area contributed by atoms with E-state index in [0.29, 0.717) is 45.1 Å². The molecule has 3 N–H and O–H groups in total. The van der Waals surface area contributed by atoms with Crippen LogP contribution in [-0.4, -0.2) is 126 Å². The number of carbonyl (C=O) groups is 4. The average molecular weight is 624 g/mol. The molecule has 12 nitrogen and oxygen atoms in total. The van der Waals surface area contributed by atoms with Gasteiger partial charge in [-0.2, -0.15) is 0 Å². The number of ether oxygens (including phenoxy) is 1. The SMILES string of the molecule is CCOC(=O)C(CC(=O)N1CCC(NC(N)=O)CC1)(Cc1cn(C)c2ccccc12)C(=O)N1CCC(N2CCN(C)CC2)CC1. The molecule has 1 aromatic heterocycles. The minimum Gasteiger partial charge on any atom is -0.465 e. The first kappa shape index (κ1) is 32.7. The highest BCUT2D eigenvalue weighted by Gasteiger charge is 2.52. The summed E-state index contributed by atoms with van der Waals surface area (Å²) in [6, 6.07) is 7.60. The molecule has 4 heterocycles. The normalized spacial score (nSPS) is 20.6. The van der Waals surface area contributed by atoms with Crippen molar-refractivity contribution in [2.75, 3.05) is 66.0 Å². The number of esters is 1. The number of nitrogens with zero attached hydrogens (tertiary/aromatic N) is 5. The maximum absolute atomic E-state index is 14.8. The number of piperazine rings is 1. The molecular formula is C33H49N7O5. The molecule has 1 aromatic carbocycles. The molecule has 5 rings (SSSR count). The summed E-state index contributed by atoms with van der Waals surface area (Å²) in [6.45, 7) is 7.81. The van der Waals surface area contributed by atoms with Gasteiger partial charge in [-0.1, -0.05) is 18.2 Å². The van der Waals surface area contributed by atoms with E-state index in [0.717, 1.165) is 55.5 Å². The van der Waals surface area contributed by atoms with Crippen molar-refractivity contribution in [2.24, 2.45) is 18.2 Å². The number of aromatic nitrogens is 1. The fraction of sp³-hybridized carbons (Fsp3) is 0.636. The van der Waals surface area contributed by atoms with E-state index in [4.69, 9.17) is 10.5 Å². The Balaban J connectivity index is 1.42. The number of likely N-dealkylation sites (tertiary alicyclic amines) is 2. The monoisotopic (exact) mass is 623 g/mol. The number of likely N-dealkylation sites (N-methyl/N-ethyl adjacent to an activating group) is 1. The number of nitrogens with one attached hydrogen (secondary N) is 1. The number of benzene rings is 1. The molecule has 45 heavy (non-hydrogen) atoms. The number of primary amides is 1. The lowest BCUT2D eigenvalue weighted by atomic mass is 9.76. The molecule has 3 saturated heterocycles. The van der Waals surface area contributed by atoms with E-state index in [2.05, 4.69) is 22.2 Å². The summed E-state index contributed by atoms with van der Waals surface area (Å²) in [5, 5.41) is 3.67. The van der Waals surface area contributed by atoms with Crippen molar-refractivity contribution in [3.63, 3.8) is 0 Å². The van der Waals surface area contributed by atoms with Crippen LogP contribution in [0.15, 0.2) is 30.5 Å². The van der Waals surface area contributed by atoms with E-state index in [1.165, 1.54) is 0 Å². The number of carbonyl (C=O) groups excluding carboxylic acids is 4. The second kappa shape index (κ2) is 14.2. The number of amides is 4. The van der Waals surface area contributed by atoms with Gasteiger partial charge in [-0.15, -0.1) is 0 Å². The Hall–Kier alpha value is -3.64. The van der Waals surface area contributed by atoms with Crippen molar-refractivity contribution in [3.05, 3.63) is 36.0 Å². The summed E-state index contributed by atoms with van der Waals surface area (Å²) in [5.41, 5.74) is 5.42. The van der Waals surface area contributed by atoms with Crippen molar-refractivity contribution < 1.29 is 23.9 Å². The minimum atomic E-state index is -1.71. The molecule has 0 bridgehead atoms. The summed E-state index contributed by atoms with van der Waals surface area (Å²) in [6.07, 6.45) is 4.51. The first-order valence-corrected chi connectivity index (χ1v) is 16.4. The maximum Gasteiger partial charge on any atom is 0.322 e. The molecule has 3 aliphatic heterocycles. The van der Waals surface area contributed by atoms with Crippen LogP contribution in [0.4, 0.5) is 4.79 Å². The van der Waals surface area contributed by atoms with E-state index in [9.17, 15) is 19.2 Å². The number of rotatable bonds is 9. The Morgan fingerprint density at radius 3 is 2.20 bits per heavy atom. The van der Waals surface area contributed by atoms with Crippen LogP contribution in [0, 0.1) is 5.41 Å². The standard InChI is InChI=1S/C33H49N7O5/c1-4-45-31(43)33(21-24-23-37(3)28-8-6-5-7-27(24)28,22-29(41)39-13-9-25(10-14-39)35-32(34)44)30(42)40-15-11-26(12-16-40)38-19-17-36(2)18-20-38/h5-8,23,25-26H,4,9-22H2,1-3H3,(H3,34,35,44). The fourth-order valence-corrected chi connectivity index (χ4v) is 7.37. The molecular weight excluding hydrogens is 574 g/mol. The highest BCUT2D eigenvalue weighted by molar-refractivity contribution is 6.06. The van der Waals surface area contributed by atoms with Crippen LogP contribution < -0.4 is 11.1 Å². The molecule has 0 radical (unpaired) electrons. The summed E-state index contributed by atoms with van der Waals surface area (Å²) in [4.78, 5) is 62.6. The van der Waals surface area contributed by atoms with Gasteiger partial charge in [-0.05, 0) is 51.3 Å². The Bertz CT molecular complexity index is 1370. The lowest BCUT2D eigenvalue weighted by Gasteiger charge is -2.44. The lowest BCUT2D eigenvalue weighted by Crippen LogP contribution is -2.57. The first-order chi connectivity index (χ1) is 21.6. The number of hydrogen-bond acceptors (Lipinski definition) is 7. The summed E-state index contributed by atoms with van der Waals surface area (Å²) in [7, 11) is 4.09. The van der Waals surface area contributed by atoms with Gasteiger partial charge in [0.15, 0.2) is 5.41 Å². The third-order valence-corrected chi connectivity index (χ3v) is 10.0. The van der Waals surface area contributed by atoms with Crippen LogP contribution in [0.3, 0.4) is 0 Å². The number of fused-ring (bicyclic) bond motifs is 1. The van der Waals surface area contributed by atoms with Gasteiger partial charge < -0.3 is 35.1 Å². The zero-order valence-corrected chi connectivity index (χ0v) is 27.0. The molecule has 1 unspecified atom stereocenters. The molecule has 0 aliphatic carbocycles. The summed E-state index contributed by atoms with van der Waals surface area (Å²) in [5.74, 6) is -1.24. The van der Waals surface area contributed by atoms with Gasteiger partial charge in [0.1, 0.15) is 0 Å². The van der Waals surface area contributed by atoms with Gasteiger partial charge in [0.05, 0.1) is 13.0 Å². The van der Waals surface area contributed by atoms with Crippen LogP contribution in [-0.2, 0) is 32.6 Å². The summed E-state index contributed by atoms with van der Waals surface area (Å²) < 4.78 is 7.64. The molecule has 0 saturated carbocycles. The average Bonchev–Trinajstić information content (AvgIpc) is 3.35. The molecule has 12 heteroatoms. The molecule has 3 fully saturated rings. The van der Waals surface area contributed by atoms with Crippen LogP contribution in [0.1, 0.15) is 44.6 Å². The zero-order chi connectivity index (χ0) is 32.1. The van der Waals surface area contributed by atoms with E-state index in [-0.39, 0.29) is 37.3 Å². The third kappa shape index (κ3) is 7.27. The molecule has 0 spiro atoms. The molecule has 3 aliphatic rings. The highest BCUT2D eigenvalue weighted by atomic mass is 16.5. The van der Waals surface area contributed by atoms with Gasteiger partial charge >= 0.3 is 12.0 Å². The first-order valence-electron chi connectivity index (χ1n) is 16.4. The van der Waals surface area contributed by atoms with Crippen molar-refractivity contribution >= 4 is 34.7 Å². The van der Waals surface area contributed by atoms with Gasteiger partial charge in [-0.25, -0.2) is 4.79 Å². The number of urea groups is 1. The predicted molar refractivity (Wildman–Crippen MR) is 171 cm³/mol. The molecule has 246 valence electrons. The largest absolute Gasteiger partial charge is 0.465 e. The van der Waals surface area contributed by atoms with E-state index in [1.807, 2.05) is 42.1 Å².